The molecule has 2 aromatic carbocycles. The molecule has 0 bridgehead atoms. The molecule has 0 spiro atoms. The highest BCUT2D eigenvalue weighted by Crippen LogP contribution is 2.39. The van der Waals surface area contributed by atoms with E-state index in [1.807, 2.05) is 12.1 Å². The molecule has 10 heteroatoms. The van der Waals surface area contributed by atoms with Crippen LogP contribution in [0.4, 0.5) is 21.8 Å². The van der Waals surface area contributed by atoms with Gasteiger partial charge in [0.05, 0.1) is 16.4 Å². The molecule has 2 aliphatic rings. The van der Waals surface area contributed by atoms with Gasteiger partial charge in [-0.3, -0.25) is 4.90 Å². The van der Waals surface area contributed by atoms with Gasteiger partial charge in [-0.15, -0.1) is 0 Å². The summed E-state index contributed by atoms with van der Waals surface area (Å²) < 4.78 is 15.9. The van der Waals surface area contributed by atoms with Gasteiger partial charge >= 0.3 is 0 Å². The quantitative estimate of drug-likeness (QED) is 0.283. The predicted molar refractivity (Wildman–Crippen MR) is 157 cm³/mol. The van der Waals surface area contributed by atoms with Crippen molar-refractivity contribution in [1.82, 2.24) is 34.3 Å². The molecule has 1 saturated carbocycles. The standard InChI is InChI=1S/C30H34FN9/c1-38-12-14-39(15-13-38)22-7-9-23(10-8-22)40-17-24(27-28(32)33-18-34-29(27)40)19-2-5-21(6-3-19)35-30-36-25-11-4-20(31)16-26(25)37-30/h2-6,11,16-18,22-23H,7-10,12-15H2,1H3,(H2,32,33,34)(H2,35,36,37). The van der Waals surface area contributed by atoms with E-state index >= 15 is 0 Å². The number of halogens is 1. The molecule has 3 aromatic heterocycles. The number of piperazine rings is 1. The number of rotatable bonds is 5. The Kier molecular flexibility index (Phi) is 6.36. The molecular formula is C30H34FN9. The highest BCUT2D eigenvalue weighted by molar-refractivity contribution is 6.00. The number of aromatic nitrogens is 5. The van der Waals surface area contributed by atoms with Crippen LogP contribution in [0.3, 0.4) is 0 Å². The van der Waals surface area contributed by atoms with Crippen LogP contribution >= 0.6 is 0 Å². The third-order valence-corrected chi connectivity index (χ3v) is 8.66. The van der Waals surface area contributed by atoms with E-state index in [4.69, 9.17) is 5.73 Å². The molecule has 7 rings (SSSR count). The second kappa shape index (κ2) is 10.2. The van der Waals surface area contributed by atoms with Crippen molar-refractivity contribution in [3.63, 3.8) is 0 Å². The van der Waals surface area contributed by atoms with Gasteiger partial charge in [0.1, 0.15) is 23.6 Å². The van der Waals surface area contributed by atoms with Gasteiger partial charge in [0.25, 0.3) is 0 Å². The van der Waals surface area contributed by atoms with Crippen LogP contribution in [-0.2, 0) is 0 Å². The number of nitrogens with zero attached hydrogens (tertiary/aromatic N) is 6. The molecular weight excluding hydrogens is 505 g/mol. The van der Waals surface area contributed by atoms with Crippen LogP contribution in [0, 0.1) is 5.82 Å². The Bertz CT molecular complexity index is 1640. The highest BCUT2D eigenvalue weighted by Gasteiger charge is 2.30. The molecule has 4 heterocycles. The van der Waals surface area contributed by atoms with Crippen LogP contribution < -0.4 is 11.1 Å². The number of hydrogen-bond donors (Lipinski definition) is 3. The van der Waals surface area contributed by atoms with E-state index < -0.39 is 0 Å². The van der Waals surface area contributed by atoms with Gasteiger partial charge in [0, 0.05) is 55.7 Å². The third-order valence-electron chi connectivity index (χ3n) is 8.66. The van der Waals surface area contributed by atoms with Crippen molar-refractivity contribution in [2.75, 3.05) is 44.3 Å². The Hall–Kier alpha value is -4.02. The Morgan fingerprint density at radius 2 is 1.70 bits per heavy atom. The van der Waals surface area contributed by atoms with E-state index in [1.54, 1.807) is 12.4 Å². The molecule has 0 unspecified atom stereocenters. The van der Waals surface area contributed by atoms with E-state index in [1.165, 1.54) is 38.1 Å². The predicted octanol–water partition coefficient (Wildman–Crippen LogP) is 5.17. The van der Waals surface area contributed by atoms with Crippen molar-refractivity contribution in [3.05, 3.63) is 60.8 Å². The molecule has 1 saturated heterocycles. The summed E-state index contributed by atoms with van der Waals surface area (Å²) in [6, 6.07) is 13.7. The van der Waals surface area contributed by atoms with Gasteiger partial charge < -0.3 is 25.5 Å². The van der Waals surface area contributed by atoms with Crippen molar-refractivity contribution in [1.29, 1.82) is 0 Å². The fraction of sp³-hybridized carbons (Fsp3) is 0.367. The number of hydrogen-bond acceptors (Lipinski definition) is 7. The smallest absolute Gasteiger partial charge is 0.205 e. The number of nitrogens with one attached hydrogen (secondary N) is 2. The van der Waals surface area contributed by atoms with Crippen LogP contribution in [0.25, 0.3) is 33.2 Å². The first-order chi connectivity index (χ1) is 19.5. The van der Waals surface area contributed by atoms with E-state index in [-0.39, 0.29) is 5.82 Å². The Labute approximate surface area is 232 Å². The van der Waals surface area contributed by atoms with E-state index in [9.17, 15) is 4.39 Å². The number of nitrogen functional groups attached to an aromatic ring is 1. The number of H-pyrrole nitrogens is 1. The zero-order valence-electron chi connectivity index (χ0n) is 22.6. The van der Waals surface area contributed by atoms with Gasteiger partial charge in [-0.05, 0) is 68.6 Å². The maximum absolute atomic E-state index is 13.6. The normalized spacial score (nSPS) is 20.9. The second-order valence-corrected chi connectivity index (χ2v) is 11.2. The molecule has 0 amide bonds. The van der Waals surface area contributed by atoms with Crippen molar-refractivity contribution in [2.45, 2.75) is 37.8 Å². The van der Waals surface area contributed by atoms with E-state index in [0.29, 0.717) is 34.9 Å². The number of anilines is 3. The summed E-state index contributed by atoms with van der Waals surface area (Å²) in [5.41, 5.74) is 11.7. The number of aromatic amines is 1. The number of imidazole rings is 1. The van der Waals surface area contributed by atoms with Crippen LogP contribution in [0.2, 0.25) is 0 Å². The molecule has 0 radical (unpaired) electrons. The fourth-order valence-electron chi connectivity index (χ4n) is 6.41. The lowest BCUT2D eigenvalue weighted by atomic mass is 9.89. The molecule has 1 aliphatic heterocycles. The van der Waals surface area contributed by atoms with Crippen LogP contribution in [0.1, 0.15) is 31.7 Å². The van der Waals surface area contributed by atoms with Gasteiger partial charge in [-0.1, -0.05) is 12.1 Å². The van der Waals surface area contributed by atoms with Crippen LogP contribution in [0.15, 0.2) is 55.0 Å². The molecule has 2 fully saturated rings. The van der Waals surface area contributed by atoms with Gasteiger partial charge in [0.15, 0.2) is 0 Å². The van der Waals surface area contributed by atoms with E-state index in [0.717, 1.165) is 53.8 Å². The molecule has 1 aliphatic carbocycles. The van der Waals surface area contributed by atoms with Crippen LogP contribution in [0.5, 0.6) is 0 Å². The van der Waals surface area contributed by atoms with Gasteiger partial charge in [0.2, 0.25) is 5.95 Å². The average Bonchev–Trinajstić information content (AvgIpc) is 3.56. The zero-order chi connectivity index (χ0) is 27.2. The number of nitrogens with two attached hydrogens (primary N) is 1. The zero-order valence-corrected chi connectivity index (χ0v) is 22.6. The summed E-state index contributed by atoms with van der Waals surface area (Å²) in [6.45, 7) is 4.67. The summed E-state index contributed by atoms with van der Waals surface area (Å²) in [5, 5.41) is 4.19. The first-order valence-electron chi connectivity index (χ1n) is 14.1. The van der Waals surface area contributed by atoms with Crippen molar-refractivity contribution in [3.8, 4) is 11.1 Å². The van der Waals surface area contributed by atoms with Crippen molar-refractivity contribution >= 4 is 39.5 Å². The summed E-state index contributed by atoms with van der Waals surface area (Å²) in [5.74, 6) is 0.772. The fourth-order valence-corrected chi connectivity index (χ4v) is 6.41. The Morgan fingerprint density at radius 3 is 2.48 bits per heavy atom. The first-order valence-corrected chi connectivity index (χ1v) is 14.1. The summed E-state index contributed by atoms with van der Waals surface area (Å²) in [7, 11) is 2.21. The average molecular weight is 540 g/mol. The Balaban J connectivity index is 1.12. The summed E-state index contributed by atoms with van der Waals surface area (Å²) >= 11 is 0. The number of benzene rings is 2. The number of likely N-dealkylation sites (N-methyl/N-ethyl adjacent to an activating group) is 1. The Morgan fingerprint density at radius 1 is 0.950 bits per heavy atom. The van der Waals surface area contributed by atoms with Gasteiger partial charge in [-0.2, -0.15) is 0 Å². The maximum Gasteiger partial charge on any atom is 0.205 e. The van der Waals surface area contributed by atoms with Crippen molar-refractivity contribution < 1.29 is 4.39 Å². The lowest BCUT2D eigenvalue weighted by Crippen LogP contribution is -2.49. The molecule has 9 nitrogen and oxygen atoms in total. The highest BCUT2D eigenvalue weighted by atomic mass is 19.1. The molecule has 0 atom stereocenters. The topological polar surface area (TPSA) is 104 Å². The molecule has 40 heavy (non-hydrogen) atoms. The SMILES string of the molecule is CN1CCN(C2CCC(n3cc(-c4ccc(Nc5nc6ccc(F)cc6[nH]5)cc4)c4c(N)ncnc43)CC2)CC1. The lowest BCUT2D eigenvalue weighted by molar-refractivity contribution is 0.0828. The second-order valence-electron chi connectivity index (χ2n) is 11.2. The lowest BCUT2D eigenvalue weighted by Gasteiger charge is -2.41. The minimum absolute atomic E-state index is 0.294. The summed E-state index contributed by atoms with van der Waals surface area (Å²) in [6.07, 6.45) is 8.47. The van der Waals surface area contributed by atoms with Crippen LogP contribution in [-0.4, -0.2) is 73.6 Å². The minimum atomic E-state index is -0.294. The van der Waals surface area contributed by atoms with E-state index in [2.05, 4.69) is 65.0 Å². The number of fused-ring (bicyclic) bond motifs is 2. The maximum atomic E-state index is 13.6. The van der Waals surface area contributed by atoms with Crippen molar-refractivity contribution in [2.24, 2.45) is 0 Å². The summed E-state index contributed by atoms with van der Waals surface area (Å²) in [4.78, 5) is 21.7. The molecule has 4 N–H and O–H groups in total. The monoisotopic (exact) mass is 539 g/mol. The minimum Gasteiger partial charge on any atom is -0.383 e. The largest absolute Gasteiger partial charge is 0.383 e. The molecule has 206 valence electrons. The first kappa shape index (κ1) is 25.0. The van der Waals surface area contributed by atoms with Gasteiger partial charge in [-0.25, -0.2) is 19.3 Å². The molecule has 5 aromatic rings. The third kappa shape index (κ3) is 4.67.